The molecule has 0 aliphatic rings. The Labute approximate surface area is 93.9 Å². The highest BCUT2D eigenvalue weighted by Gasteiger charge is 1.98. The summed E-state index contributed by atoms with van der Waals surface area (Å²) >= 11 is 0. The van der Waals surface area contributed by atoms with Gasteiger partial charge >= 0.3 is 0 Å². The van der Waals surface area contributed by atoms with Crippen LogP contribution in [0.4, 0.5) is 0 Å². The summed E-state index contributed by atoms with van der Waals surface area (Å²) in [5.41, 5.74) is 2.23. The Kier molecular flexibility index (Phi) is 6.80. The highest BCUT2D eigenvalue weighted by Crippen LogP contribution is 2.04. The molecule has 0 bridgehead atoms. The summed E-state index contributed by atoms with van der Waals surface area (Å²) in [4.78, 5) is 2.21. The van der Waals surface area contributed by atoms with Gasteiger partial charge in [-0.25, -0.2) is 0 Å². The van der Waals surface area contributed by atoms with Gasteiger partial charge in [-0.2, -0.15) is 0 Å². The normalized spacial score (nSPS) is 9.93. The van der Waals surface area contributed by atoms with Crippen LogP contribution in [-0.2, 0) is 4.74 Å². The van der Waals surface area contributed by atoms with Crippen molar-refractivity contribution in [1.82, 2.24) is 4.90 Å². The second kappa shape index (κ2) is 7.30. The Balaban J connectivity index is 3.64. The summed E-state index contributed by atoms with van der Waals surface area (Å²) in [5, 5.41) is 0. The third-order valence-corrected chi connectivity index (χ3v) is 2.04. The molecule has 0 aromatic heterocycles. The first-order valence-electron chi connectivity index (χ1n) is 5.23. The highest BCUT2D eigenvalue weighted by atomic mass is 16.5. The molecule has 0 fully saturated rings. The molecule has 0 aromatic rings. The first-order valence-corrected chi connectivity index (χ1v) is 5.23. The van der Waals surface area contributed by atoms with Crippen molar-refractivity contribution in [3.8, 4) is 0 Å². The fraction of sp³-hybridized carbons (Fsp3) is 0.538. The van der Waals surface area contributed by atoms with E-state index in [2.05, 4.69) is 45.0 Å². The molecule has 0 aliphatic heterocycles. The van der Waals surface area contributed by atoms with E-state index in [-0.39, 0.29) is 0 Å². The Bertz CT molecular complexity index is 249. The minimum Gasteiger partial charge on any atom is -0.493 e. The van der Waals surface area contributed by atoms with E-state index < -0.39 is 0 Å². The third-order valence-electron chi connectivity index (χ3n) is 2.04. The zero-order chi connectivity index (χ0) is 11.8. The molecule has 0 amide bonds. The summed E-state index contributed by atoms with van der Waals surface area (Å²) < 4.78 is 5.42. The standard InChI is InChI=1S/C13H23NO/c1-11(2)7-8-14(6)9-10-15-13(5)12(3)4/h7H,3,5,8-10H2,1-2,4,6H3. The molecule has 0 saturated heterocycles. The summed E-state index contributed by atoms with van der Waals surface area (Å²) in [6.45, 7) is 16.2. The SMILES string of the molecule is C=C(C)C(=C)OCCN(C)CC=C(C)C. The number of rotatable bonds is 7. The van der Waals surface area contributed by atoms with Crippen molar-refractivity contribution < 1.29 is 4.74 Å². The van der Waals surface area contributed by atoms with E-state index >= 15 is 0 Å². The Morgan fingerprint density at radius 1 is 1.27 bits per heavy atom. The van der Waals surface area contributed by atoms with Crippen molar-refractivity contribution in [3.63, 3.8) is 0 Å². The van der Waals surface area contributed by atoms with Gasteiger partial charge in [0.1, 0.15) is 12.4 Å². The number of likely N-dealkylation sites (N-methyl/N-ethyl adjacent to an activating group) is 1. The zero-order valence-corrected chi connectivity index (χ0v) is 10.5. The van der Waals surface area contributed by atoms with E-state index in [0.717, 1.165) is 18.7 Å². The number of ether oxygens (including phenoxy) is 1. The summed E-state index contributed by atoms with van der Waals surface area (Å²) in [7, 11) is 2.08. The molecule has 0 spiro atoms. The van der Waals surface area contributed by atoms with E-state index in [1.807, 2.05) is 6.92 Å². The van der Waals surface area contributed by atoms with Gasteiger partial charge in [0.25, 0.3) is 0 Å². The van der Waals surface area contributed by atoms with Crippen LogP contribution in [0.3, 0.4) is 0 Å². The molecule has 0 rings (SSSR count). The maximum Gasteiger partial charge on any atom is 0.114 e. The van der Waals surface area contributed by atoms with E-state index in [4.69, 9.17) is 4.74 Å². The van der Waals surface area contributed by atoms with Gasteiger partial charge < -0.3 is 4.74 Å². The molecule has 2 heteroatoms. The lowest BCUT2D eigenvalue weighted by molar-refractivity contribution is 0.184. The Morgan fingerprint density at radius 2 is 1.87 bits per heavy atom. The lowest BCUT2D eigenvalue weighted by atomic mass is 10.3. The fourth-order valence-electron chi connectivity index (χ4n) is 0.878. The van der Waals surface area contributed by atoms with Gasteiger partial charge in [0.15, 0.2) is 0 Å². The van der Waals surface area contributed by atoms with Gasteiger partial charge in [-0.15, -0.1) is 0 Å². The molecule has 0 heterocycles. The molecule has 86 valence electrons. The molecule has 0 aliphatic carbocycles. The van der Waals surface area contributed by atoms with Crippen LogP contribution in [0.5, 0.6) is 0 Å². The lowest BCUT2D eigenvalue weighted by Gasteiger charge is -2.16. The predicted octanol–water partition coefficient (Wildman–Crippen LogP) is 2.99. The largest absolute Gasteiger partial charge is 0.493 e. The van der Waals surface area contributed by atoms with Crippen LogP contribution in [0.2, 0.25) is 0 Å². The monoisotopic (exact) mass is 209 g/mol. The van der Waals surface area contributed by atoms with Crippen molar-refractivity contribution in [2.24, 2.45) is 0 Å². The number of allylic oxidation sites excluding steroid dienone is 2. The maximum atomic E-state index is 5.42. The third kappa shape index (κ3) is 8.01. The van der Waals surface area contributed by atoms with Gasteiger partial charge in [0.2, 0.25) is 0 Å². The number of hydrogen-bond donors (Lipinski definition) is 0. The molecule has 15 heavy (non-hydrogen) atoms. The molecular formula is C13H23NO. The number of hydrogen-bond acceptors (Lipinski definition) is 2. The highest BCUT2D eigenvalue weighted by molar-refractivity contribution is 5.15. The maximum absolute atomic E-state index is 5.42. The van der Waals surface area contributed by atoms with Crippen LogP contribution >= 0.6 is 0 Å². The zero-order valence-electron chi connectivity index (χ0n) is 10.5. The van der Waals surface area contributed by atoms with Crippen LogP contribution in [0.1, 0.15) is 20.8 Å². The quantitative estimate of drug-likeness (QED) is 0.363. The average Bonchev–Trinajstić information content (AvgIpc) is 2.14. The van der Waals surface area contributed by atoms with Gasteiger partial charge in [-0.05, 0) is 33.4 Å². The molecule has 0 saturated carbocycles. The van der Waals surface area contributed by atoms with Crippen molar-refractivity contribution in [2.75, 3.05) is 26.7 Å². The summed E-state index contributed by atoms with van der Waals surface area (Å²) in [5.74, 6) is 0.686. The average molecular weight is 209 g/mol. The second-order valence-corrected chi connectivity index (χ2v) is 4.10. The van der Waals surface area contributed by atoms with Crippen LogP contribution in [0, 0.1) is 0 Å². The van der Waals surface area contributed by atoms with E-state index in [1.165, 1.54) is 5.57 Å². The smallest absolute Gasteiger partial charge is 0.114 e. The second-order valence-electron chi connectivity index (χ2n) is 4.10. The molecule has 0 N–H and O–H groups in total. The van der Waals surface area contributed by atoms with Gasteiger partial charge in [-0.3, -0.25) is 4.90 Å². The van der Waals surface area contributed by atoms with Crippen LogP contribution < -0.4 is 0 Å². The van der Waals surface area contributed by atoms with Crippen molar-refractivity contribution in [3.05, 3.63) is 36.1 Å². The summed E-state index contributed by atoms with van der Waals surface area (Å²) in [6.07, 6.45) is 2.20. The molecule has 0 unspecified atom stereocenters. The van der Waals surface area contributed by atoms with Gasteiger partial charge in [-0.1, -0.05) is 24.8 Å². The summed E-state index contributed by atoms with van der Waals surface area (Å²) in [6, 6.07) is 0. The van der Waals surface area contributed by atoms with Crippen molar-refractivity contribution in [1.29, 1.82) is 0 Å². The molecule has 0 aromatic carbocycles. The predicted molar refractivity (Wildman–Crippen MR) is 66.8 cm³/mol. The van der Waals surface area contributed by atoms with Crippen LogP contribution in [0.15, 0.2) is 36.1 Å². The van der Waals surface area contributed by atoms with Crippen LogP contribution in [0.25, 0.3) is 0 Å². The van der Waals surface area contributed by atoms with Gasteiger partial charge in [0.05, 0.1) is 0 Å². The molecular weight excluding hydrogens is 186 g/mol. The van der Waals surface area contributed by atoms with E-state index in [0.29, 0.717) is 12.4 Å². The first kappa shape index (κ1) is 14.0. The van der Waals surface area contributed by atoms with Gasteiger partial charge in [0, 0.05) is 13.1 Å². The number of nitrogens with zero attached hydrogens (tertiary/aromatic N) is 1. The van der Waals surface area contributed by atoms with E-state index in [9.17, 15) is 0 Å². The Morgan fingerprint density at radius 3 is 2.33 bits per heavy atom. The van der Waals surface area contributed by atoms with Crippen LogP contribution in [-0.4, -0.2) is 31.6 Å². The van der Waals surface area contributed by atoms with Crippen molar-refractivity contribution in [2.45, 2.75) is 20.8 Å². The lowest BCUT2D eigenvalue weighted by Crippen LogP contribution is -2.23. The topological polar surface area (TPSA) is 12.5 Å². The first-order chi connectivity index (χ1) is 6.93. The molecule has 2 nitrogen and oxygen atoms in total. The van der Waals surface area contributed by atoms with Crippen molar-refractivity contribution >= 4 is 0 Å². The minimum atomic E-state index is 0.665. The van der Waals surface area contributed by atoms with E-state index in [1.54, 1.807) is 0 Å². The minimum absolute atomic E-state index is 0.665. The fourth-order valence-corrected chi connectivity index (χ4v) is 0.878. The molecule has 0 atom stereocenters. The molecule has 0 radical (unpaired) electrons. The Hall–Kier alpha value is -1.02.